The molecule has 104 valence electrons. The van der Waals surface area contributed by atoms with Crippen LogP contribution in [0, 0.1) is 6.92 Å². The smallest absolute Gasteiger partial charge is 0.191 e. The van der Waals surface area contributed by atoms with Crippen molar-refractivity contribution >= 4 is 29.9 Å². The van der Waals surface area contributed by atoms with Gasteiger partial charge in [-0.05, 0) is 24.5 Å². The number of nitrogens with zero attached hydrogens (tertiary/aromatic N) is 1. The zero-order valence-corrected chi connectivity index (χ0v) is 13.8. The first kappa shape index (κ1) is 16.0. The molecule has 1 aliphatic rings. The van der Waals surface area contributed by atoms with Crippen molar-refractivity contribution in [3.63, 3.8) is 0 Å². The van der Waals surface area contributed by atoms with E-state index in [0.29, 0.717) is 12.0 Å². The number of aliphatic imine (C=N–C) groups is 1. The van der Waals surface area contributed by atoms with Gasteiger partial charge in [0.15, 0.2) is 5.96 Å². The molecule has 1 aromatic carbocycles. The molecule has 2 N–H and O–H groups in total. The molecule has 2 atom stereocenters. The Labute approximate surface area is 132 Å². The summed E-state index contributed by atoms with van der Waals surface area (Å²) in [6.45, 7) is 6.60. The molecular weight excluding hydrogens is 349 g/mol. The number of benzene rings is 1. The number of halogens is 1. The van der Waals surface area contributed by atoms with Crippen LogP contribution in [-0.4, -0.2) is 25.6 Å². The maximum atomic E-state index is 4.20. The first-order valence-electron chi connectivity index (χ1n) is 6.40. The molecule has 1 aromatic rings. The van der Waals surface area contributed by atoms with E-state index >= 15 is 0 Å². The van der Waals surface area contributed by atoms with E-state index in [0.717, 1.165) is 12.5 Å². The second-order valence-electron chi connectivity index (χ2n) is 4.69. The van der Waals surface area contributed by atoms with Crippen molar-refractivity contribution in [2.75, 3.05) is 13.6 Å². The molecule has 0 aliphatic heterocycles. The number of rotatable bonds is 4. The van der Waals surface area contributed by atoms with Gasteiger partial charge >= 0.3 is 0 Å². The lowest BCUT2D eigenvalue weighted by molar-refractivity contribution is 0.816. The van der Waals surface area contributed by atoms with Crippen molar-refractivity contribution in [3.05, 3.63) is 48.0 Å². The molecule has 4 heteroatoms. The van der Waals surface area contributed by atoms with Gasteiger partial charge in [0, 0.05) is 25.6 Å². The molecule has 2 rings (SSSR count). The summed E-state index contributed by atoms with van der Waals surface area (Å²) in [5.74, 6) is 1.48. The molecule has 0 amide bonds. The van der Waals surface area contributed by atoms with Crippen molar-refractivity contribution in [1.29, 1.82) is 0 Å². The van der Waals surface area contributed by atoms with E-state index in [9.17, 15) is 0 Å². The summed E-state index contributed by atoms with van der Waals surface area (Å²) in [6.07, 6.45) is 3.01. The maximum Gasteiger partial charge on any atom is 0.191 e. The molecule has 1 fully saturated rings. The zero-order valence-electron chi connectivity index (χ0n) is 11.5. The first-order chi connectivity index (χ1) is 8.76. The highest BCUT2D eigenvalue weighted by Crippen LogP contribution is 2.41. The van der Waals surface area contributed by atoms with Crippen LogP contribution in [0.25, 0.3) is 0 Å². The highest BCUT2D eigenvalue weighted by Gasteiger charge is 2.39. The molecular formula is C15H22IN3. The average molecular weight is 371 g/mol. The Morgan fingerprint density at radius 3 is 2.84 bits per heavy atom. The highest BCUT2D eigenvalue weighted by molar-refractivity contribution is 14.0. The molecule has 0 bridgehead atoms. The van der Waals surface area contributed by atoms with Gasteiger partial charge in [0.2, 0.25) is 0 Å². The topological polar surface area (TPSA) is 36.4 Å². The molecule has 0 heterocycles. The number of aryl methyl sites for hydroxylation is 1. The van der Waals surface area contributed by atoms with Gasteiger partial charge in [-0.3, -0.25) is 4.99 Å². The molecule has 1 saturated carbocycles. The molecule has 0 saturated heterocycles. The van der Waals surface area contributed by atoms with Gasteiger partial charge in [0.1, 0.15) is 0 Å². The van der Waals surface area contributed by atoms with Crippen molar-refractivity contribution in [2.24, 2.45) is 4.99 Å². The summed E-state index contributed by atoms with van der Waals surface area (Å²) in [6, 6.07) is 9.11. The molecule has 1 aliphatic carbocycles. The SMILES string of the molecule is C=CCNC(=NC)NC1CC1c1ccccc1C.I. The Balaban J connectivity index is 0.00000180. The van der Waals surface area contributed by atoms with Crippen molar-refractivity contribution in [2.45, 2.75) is 25.3 Å². The predicted octanol–water partition coefficient (Wildman–Crippen LogP) is 2.82. The van der Waals surface area contributed by atoms with Gasteiger partial charge in [-0.25, -0.2) is 0 Å². The summed E-state index contributed by atoms with van der Waals surface area (Å²) in [5, 5.41) is 6.64. The van der Waals surface area contributed by atoms with Crippen LogP contribution in [0.4, 0.5) is 0 Å². The fourth-order valence-corrected chi connectivity index (χ4v) is 2.24. The van der Waals surface area contributed by atoms with E-state index in [1.807, 2.05) is 6.08 Å². The second-order valence-corrected chi connectivity index (χ2v) is 4.69. The lowest BCUT2D eigenvalue weighted by atomic mass is 10.0. The number of hydrogen-bond acceptors (Lipinski definition) is 1. The van der Waals surface area contributed by atoms with Crippen LogP contribution in [0.2, 0.25) is 0 Å². The van der Waals surface area contributed by atoms with E-state index in [2.05, 4.69) is 53.4 Å². The summed E-state index contributed by atoms with van der Waals surface area (Å²) in [5.41, 5.74) is 2.83. The van der Waals surface area contributed by atoms with Crippen LogP contribution in [0.5, 0.6) is 0 Å². The Hall–Kier alpha value is -1.04. The summed E-state index contributed by atoms with van der Waals surface area (Å²) in [7, 11) is 1.80. The van der Waals surface area contributed by atoms with Crippen molar-refractivity contribution in [3.8, 4) is 0 Å². The molecule has 0 radical (unpaired) electrons. The minimum absolute atomic E-state index is 0. The van der Waals surface area contributed by atoms with E-state index in [-0.39, 0.29) is 24.0 Å². The molecule has 0 spiro atoms. The Kier molecular flexibility index (Phi) is 6.34. The largest absolute Gasteiger partial charge is 0.353 e. The quantitative estimate of drug-likeness (QED) is 0.370. The minimum Gasteiger partial charge on any atom is -0.353 e. The molecule has 2 unspecified atom stereocenters. The standard InChI is InChI=1S/C15H21N3.HI/c1-4-9-17-15(16-3)18-14-10-13(14)12-8-6-5-7-11(12)2;/h4-8,13-14H,1,9-10H2,2-3H3,(H2,16,17,18);1H. The predicted molar refractivity (Wildman–Crippen MR) is 92.4 cm³/mol. The number of nitrogens with one attached hydrogen (secondary N) is 2. The van der Waals surface area contributed by atoms with Gasteiger partial charge in [-0.1, -0.05) is 30.3 Å². The Bertz CT molecular complexity index is 456. The zero-order chi connectivity index (χ0) is 13.0. The van der Waals surface area contributed by atoms with Gasteiger partial charge < -0.3 is 10.6 Å². The van der Waals surface area contributed by atoms with Gasteiger partial charge in [-0.15, -0.1) is 30.6 Å². The lowest BCUT2D eigenvalue weighted by Crippen LogP contribution is -2.39. The van der Waals surface area contributed by atoms with Crippen molar-refractivity contribution in [1.82, 2.24) is 10.6 Å². The van der Waals surface area contributed by atoms with Gasteiger partial charge in [0.05, 0.1) is 0 Å². The van der Waals surface area contributed by atoms with Gasteiger partial charge in [-0.2, -0.15) is 0 Å². The van der Waals surface area contributed by atoms with Crippen LogP contribution in [0.15, 0.2) is 41.9 Å². The van der Waals surface area contributed by atoms with E-state index in [1.165, 1.54) is 17.5 Å². The van der Waals surface area contributed by atoms with E-state index in [1.54, 1.807) is 7.05 Å². The third kappa shape index (κ3) is 4.23. The summed E-state index contributed by atoms with van der Waals surface area (Å²) >= 11 is 0. The van der Waals surface area contributed by atoms with Crippen LogP contribution >= 0.6 is 24.0 Å². The highest BCUT2D eigenvalue weighted by atomic mass is 127. The van der Waals surface area contributed by atoms with Crippen LogP contribution in [0.1, 0.15) is 23.5 Å². The number of hydrogen-bond donors (Lipinski definition) is 2. The van der Waals surface area contributed by atoms with Crippen LogP contribution in [-0.2, 0) is 0 Å². The molecule has 19 heavy (non-hydrogen) atoms. The normalized spacial score (nSPS) is 21.3. The third-order valence-corrected chi connectivity index (χ3v) is 3.34. The summed E-state index contributed by atoms with van der Waals surface area (Å²) < 4.78 is 0. The van der Waals surface area contributed by atoms with Crippen molar-refractivity contribution < 1.29 is 0 Å². The summed E-state index contributed by atoms with van der Waals surface area (Å²) in [4.78, 5) is 4.20. The first-order valence-corrected chi connectivity index (χ1v) is 6.40. The monoisotopic (exact) mass is 371 g/mol. The minimum atomic E-state index is 0. The lowest BCUT2D eigenvalue weighted by Gasteiger charge is -2.11. The molecule has 3 nitrogen and oxygen atoms in total. The molecule has 0 aromatic heterocycles. The van der Waals surface area contributed by atoms with E-state index in [4.69, 9.17) is 0 Å². The van der Waals surface area contributed by atoms with E-state index < -0.39 is 0 Å². The fraction of sp³-hybridized carbons (Fsp3) is 0.400. The number of guanidine groups is 1. The third-order valence-electron chi connectivity index (χ3n) is 3.34. The van der Waals surface area contributed by atoms with Crippen LogP contribution < -0.4 is 10.6 Å². The van der Waals surface area contributed by atoms with Gasteiger partial charge in [0.25, 0.3) is 0 Å². The maximum absolute atomic E-state index is 4.20. The average Bonchev–Trinajstić information content (AvgIpc) is 3.14. The second kappa shape index (κ2) is 7.53. The van der Waals surface area contributed by atoms with Crippen LogP contribution in [0.3, 0.4) is 0 Å². The Morgan fingerprint density at radius 1 is 1.47 bits per heavy atom. The Morgan fingerprint density at radius 2 is 2.21 bits per heavy atom. The fourth-order valence-electron chi connectivity index (χ4n) is 2.24.